The summed E-state index contributed by atoms with van der Waals surface area (Å²) < 4.78 is 12.3. The Bertz CT molecular complexity index is 553. The Labute approximate surface area is 122 Å². The second kappa shape index (κ2) is 6.50. The van der Waals surface area contributed by atoms with E-state index in [0.29, 0.717) is 5.75 Å². The van der Waals surface area contributed by atoms with Crippen LogP contribution in [-0.2, 0) is 23.1 Å². The fraction of sp³-hybridized carbons (Fsp3) is 0.231. The normalized spacial score (nSPS) is 12.3. The molecule has 1 aromatic heterocycles. The molecule has 2 aromatic rings. The molecule has 0 fully saturated rings. The van der Waals surface area contributed by atoms with Gasteiger partial charge in [-0.2, -0.15) is 0 Å². The van der Waals surface area contributed by atoms with Gasteiger partial charge in [0.15, 0.2) is 0 Å². The highest BCUT2D eigenvalue weighted by molar-refractivity contribution is 9.10. The molecule has 0 saturated heterocycles. The van der Waals surface area contributed by atoms with Crippen LogP contribution in [0.15, 0.2) is 40.2 Å². The van der Waals surface area contributed by atoms with E-state index >= 15 is 0 Å². The van der Waals surface area contributed by atoms with Gasteiger partial charge in [-0.15, -0.1) is 11.3 Å². The minimum Gasteiger partial charge on any atom is -0.380 e. The van der Waals surface area contributed by atoms with Crippen molar-refractivity contribution >= 4 is 43.8 Å². The van der Waals surface area contributed by atoms with Crippen molar-refractivity contribution in [1.29, 1.82) is 0 Å². The van der Waals surface area contributed by atoms with Gasteiger partial charge in [-0.3, -0.25) is 4.21 Å². The van der Waals surface area contributed by atoms with Crippen molar-refractivity contribution in [2.24, 2.45) is 0 Å². The van der Waals surface area contributed by atoms with Crippen molar-refractivity contribution < 1.29 is 4.21 Å². The highest BCUT2D eigenvalue weighted by Gasteiger charge is 2.02. The van der Waals surface area contributed by atoms with Crippen LogP contribution >= 0.6 is 27.3 Å². The lowest BCUT2D eigenvalue weighted by Gasteiger charge is -2.07. The van der Waals surface area contributed by atoms with Crippen LogP contribution in [-0.4, -0.2) is 10.5 Å². The summed E-state index contributed by atoms with van der Waals surface area (Å²) in [5.41, 5.74) is 2.17. The Kier molecular flexibility index (Phi) is 4.97. The average Bonchev–Trinajstić information content (AvgIpc) is 2.72. The summed E-state index contributed by atoms with van der Waals surface area (Å²) >= 11 is 5.24. The smallest absolute Gasteiger partial charge is 0.0505 e. The third-order valence-electron chi connectivity index (χ3n) is 2.44. The van der Waals surface area contributed by atoms with Crippen LogP contribution in [0.3, 0.4) is 0 Å². The first kappa shape index (κ1) is 13.8. The van der Waals surface area contributed by atoms with Gasteiger partial charge in [-0.25, -0.2) is 0 Å². The molecule has 1 N–H and O–H groups in total. The number of halogens is 1. The molecule has 5 heteroatoms. The number of nitrogens with one attached hydrogen (secondary N) is 1. The molecule has 1 unspecified atom stereocenters. The maximum absolute atomic E-state index is 11.2. The molecule has 0 amide bonds. The molecule has 1 aromatic carbocycles. The first-order chi connectivity index (χ1) is 8.65. The molecular weight excluding hydrogens is 330 g/mol. The van der Waals surface area contributed by atoms with E-state index in [-0.39, 0.29) is 0 Å². The Morgan fingerprint density at radius 2 is 2.22 bits per heavy atom. The molecule has 0 aliphatic carbocycles. The number of hydrogen-bond acceptors (Lipinski definition) is 3. The maximum atomic E-state index is 11.2. The largest absolute Gasteiger partial charge is 0.380 e. The molecule has 0 saturated carbocycles. The Morgan fingerprint density at radius 3 is 2.89 bits per heavy atom. The van der Waals surface area contributed by atoms with E-state index in [0.717, 1.165) is 22.3 Å². The van der Waals surface area contributed by atoms with Gasteiger partial charge in [0.25, 0.3) is 0 Å². The van der Waals surface area contributed by atoms with Crippen molar-refractivity contribution in [3.63, 3.8) is 0 Å². The van der Waals surface area contributed by atoms with Crippen LogP contribution in [0, 0.1) is 0 Å². The molecule has 0 aliphatic heterocycles. The van der Waals surface area contributed by atoms with Crippen molar-refractivity contribution in [2.75, 3.05) is 11.6 Å². The predicted octanol–water partition coefficient (Wildman–Crippen LogP) is 4.00. The average molecular weight is 344 g/mol. The van der Waals surface area contributed by atoms with Crippen molar-refractivity contribution in [3.05, 3.63) is 50.6 Å². The minimum atomic E-state index is -0.795. The third kappa shape index (κ3) is 3.93. The Morgan fingerprint density at radius 1 is 1.39 bits per heavy atom. The summed E-state index contributed by atoms with van der Waals surface area (Å²) in [7, 11) is -0.795. The monoisotopic (exact) mass is 343 g/mol. The molecule has 0 spiro atoms. The van der Waals surface area contributed by atoms with Gasteiger partial charge in [-0.1, -0.05) is 12.1 Å². The fourth-order valence-corrected chi connectivity index (χ4v) is 3.72. The molecule has 1 heterocycles. The summed E-state index contributed by atoms with van der Waals surface area (Å²) in [6.45, 7) is 0.802. The van der Waals surface area contributed by atoms with Gasteiger partial charge in [0, 0.05) is 37.8 Å². The van der Waals surface area contributed by atoms with Gasteiger partial charge < -0.3 is 5.32 Å². The van der Waals surface area contributed by atoms with E-state index in [2.05, 4.69) is 38.8 Å². The quantitative estimate of drug-likeness (QED) is 0.888. The Hall–Kier alpha value is -0.650. The molecule has 18 heavy (non-hydrogen) atoms. The molecule has 0 aliphatic rings. The molecule has 2 nitrogen and oxygen atoms in total. The lowest BCUT2D eigenvalue weighted by atomic mass is 10.2. The van der Waals surface area contributed by atoms with Gasteiger partial charge in [-0.05, 0) is 45.1 Å². The zero-order chi connectivity index (χ0) is 13.0. The second-order valence-electron chi connectivity index (χ2n) is 3.96. The molecule has 1 atom stereocenters. The first-order valence-electron chi connectivity index (χ1n) is 5.50. The zero-order valence-electron chi connectivity index (χ0n) is 9.98. The van der Waals surface area contributed by atoms with E-state index in [9.17, 15) is 4.21 Å². The lowest BCUT2D eigenvalue weighted by molar-refractivity contribution is 0.686. The van der Waals surface area contributed by atoms with Crippen molar-refractivity contribution in [1.82, 2.24) is 0 Å². The Balaban J connectivity index is 2.01. The minimum absolute atomic E-state index is 0.609. The van der Waals surface area contributed by atoms with E-state index in [1.165, 1.54) is 4.88 Å². The number of anilines is 1. The highest BCUT2D eigenvalue weighted by Crippen LogP contribution is 2.23. The summed E-state index contributed by atoms with van der Waals surface area (Å²) in [5.74, 6) is 0.609. The summed E-state index contributed by atoms with van der Waals surface area (Å²) in [6.07, 6.45) is 1.73. The van der Waals surface area contributed by atoms with Gasteiger partial charge >= 0.3 is 0 Å². The number of rotatable bonds is 5. The van der Waals surface area contributed by atoms with Crippen LogP contribution < -0.4 is 5.32 Å². The zero-order valence-corrected chi connectivity index (χ0v) is 13.2. The third-order valence-corrected chi connectivity index (χ3v) is 5.11. The summed E-state index contributed by atoms with van der Waals surface area (Å²) in [5, 5.41) is 5.45. The number of thiophene rings is 1. The molecule has 2 rings (SSSR count). The standard InChI is InChI=1S/C13H14BrNOS2/c1-18(16)9-10-3-2-4-11(7-10)15-8-13-12(14)5-6-17-13/h2-7,15H,8-9H2,1H3. The predicted molar refractivity (Wildman–Crippen MR) is 83.6 cm³/mol. The van der Waals surface area contributed by atoms with Crippen molar-refractivity contribution in [2.45, 2.75) is 12.3 Å². The van der Waals surface area contributed by atoms with E-state index < -0.39 is 10.8 Å². The van der Waals surface area contributed by atoms with E-state index in [1.54, 1.807) is 17.6 Å². The fourth-order valence-electron chi connectivity index (χ4n) is 1.64. The van der Waals surface area contributed by atoms with E-state index in [4.69, 9.17) is 0 Å². The molecule has 0 bridgehead atoms. The van der Waals surface area contributed by atoms with Gasteiger partial charge in [0.2, 0.25) is 0 Å². The van der Waals surface area contributed by atoms with Crippen molar-refractivity contribution in [3.8, 4) is 0 Å². The molecular formula is C13H14BrNOS2. The van der Waals surface area contributed by atoms with Crippen LogP contribution in [0.5, 0.6) is 0 Å². The number of hydrogen-bond donors (Lipinski definition) is 1. The van der Waals surface area contributed by atoms with Crippen LogP contribution in [0.25, 0.3) is 0 Å². The summed E-state index contributed by atoms with van der Waals surface area (Å²) in [6, 6.07) is 10.1. The lowest BCUT2D eigenvalue weighted by Crippen LogP contribution is -1.99. The maximum Gasteiger partial charge on any atom is 0.0505 e. The van der Waals surface area contributed by atoms with E-state index in [1.807, 2.05) is 18.2 Å². The topological polar surface area (TPSA) is 29.1 Å². The number of benzene rings is 1. The SMILES string of the molecule is CS(=O)Cc1cccc(NCc2sccc2Br)c1. The first-order valence-corrected chi connectivity index (χ1v) is 8.90. The second-order valence-corrected chi connectivity index (χ2v) is 7.25. The highest BCUT2D eigenvalue weighted by atomic mass is 79.9. The summed E-state index contributed by atoms with van der Waals surface area (Å²) in [4.78, 5) is 1.28. The molecule has 0 radical (unpaired) electrons. The van der Waals surface area contributed by atoms with Crippen LogP contribution in [0.1, 0.15) is 10.4 Å². The van der Waals surface area contributed by atoms with Crippen LogP contribution in [0.4, 0.5) is 5.69 Å². The van der Waals surface area contributed by atoms with Gasteiger partial charge in [0.05, 0.1) is 6.54 Å². The van der Waals surface area contributed by atoms with Crippen LogP contribution in [0.2, 0.25) is 0 Å². The van der Waals surface area contributed by atoms with Gasteiger partial charge in [0.1, 0.15) is 0 Å². The molecule has 96 valence electrons.